The molecule has 0 saturated carbocycles. The average Bonchev–Trinajstić information content (AvgIpc) is 2.37. The summed E-state index contributed by atoms with van der Waals surface area (Å²) in [6.07, 6.45) is 0.549. The summed E-state index contributed by atoms with van der Waals surface area (Å²) in [4.78, 5) is 0. The number of benzene rings is 2. The van der Waals surface area contributed by atoms with Gasteiger partial charge in [-0.25, -0.2) is 8.78 Å². The molecule has 1 saturated heterocycles. The van der Waals surface area contributed by atoms with Crippen molar-refractivity contribution in [3.05, 3.63) is 70.2 Å². The molecule has 2 aromatic rings. The molecule has 1 aliphatic rings. The lowest BCUT2D eigenvalue weighted by Crippen LogP contribution is -2.58. The van der Waals surface area contributed by atoms with Crippen molar-refractivity contribution in [2.45, 2.75) is 11.8 Å². The summed E-state index contributed by atoms with van der Waals surface area (Å²) < 4.78 is 26.8. The second-order valence-electron chi connectivity index (χ2n) is 5.30. The molecule has 0 bridgehead atoms. The van der Waals surface area contributed by atoms with Gasteiger partial charge in [-0.1, -0.05) is 29.8 Å². The van der Waals surface area contributed by atoms with E-state index < -0.39 is 11.6 Å². The Bertz CT molecular complexity index is 621. The summed E-state index contributed by atoms with van der Waals surface area (Å²) >= 11 is 5.91. The molecule has 104 valence electrons. The second kappa shape index (κ2) is 5.15. The van der Waals surface area contributed by atoms with Crippen molar-refractivity contribution in [2.24, 2.45) is 0 Å². The van der Waals surface area contributed by atoms with Gasteiger partial charge < -0.3 is 5.32 Å². The van der Waals surface area contributed by atoms with Gasteiger partial charge in [0.25, 0.3) is 0 Å². The van der Waals surface area contributed by atoms with Crippen LogP contribution < -0.4 is 5.32 Å². The minimum Gasteiger partial charge on any atom is -0.315 e. The van der Waals surface area contributed by atoms with Crippen molar-refractivity contribution < 1.29 is 8.78 Å². The van der Waals surface area contributed by atoms with Gasteiger partial charge in [-0.3, -0.25) is 0 Å². The predicted molar refractivity (Wildman–Crippen MR) is 76.1 cm³/mol. The quantitative estimate of drug-likeness (QED) is 0.910. The van der Waals surface area contributed by atoms with E-state index in [1.54, 1.807) is 0 Å². The van der Waals surface area contributed by atoms with Gasteiger partial charge in [0.05, 0.1) is 0 Å². The van der Waals surface area contributed by atoms with E-state index in [2.05, 4.69) is 5.32 Å². The van der Waals surface area contributed by atoms with Gasteiger partial charge >= 0.3 is 0 Å². The zero-order valence-corrected chi connectivity index (χ0v) is 11.6. The highest BCUT2D eigenvalue weighted by molar-refractivity contribution is 6.30. The third kappa shape index (κ3) is 2.43. The maximum absolute atomic E-state index is 13.8. The summed E-state index contributed by atoms with van der Waals surface area (Å²) in [6, 6.07) is 11.4. The molecule has 1 fully saturated rings. The Morgan fingerprint density at radius 3 is 2.30 bits per heavy atom. The van der Waals surface area contributed by atoms with Crippen LogP contribution in [0, 0.1) is 11.6 Å². The van der Waals surface area contributed by atoms with E-state index in [1.807, 2.05) is 24.3 Å². The molecule has 2 aromatic carbocycles. The van der Waals surface area contributed by atoms with Crippen LogP contribution in [0.15, 0.2) is 42.5 Å². The number of halogens is 3. The van der Waals surface area contributed by atoms with Gasteiger partial charge in [-0.2, -0.15) is 0 Å². The molecule has 0 atom stereocenters. The highest BCUT2D eigenvalue weighted by atomic mass is 35.5. The average molecular weight is 294 g/mol. The molecular weight excluding hydrogens is 280 g/mol. The minimum absolute atomic E-state index is 0.136. The molecule has 20 heavy (non-hydrogen) atoms. The molecule has 0 radical (unpaired) electrons. The van der Waals surface area contributed by atoms with Crippen LogP contribution >= 0.6 is 11.6 Å². The monoisotopic (exact) mass is 293 g/mol. The van der Waals surface area contributed by atoms with Crippen LogP contribution in [0.3, 0.4) is 0 Å². The third-order valence-electron chi connectivity index (χ3n) is 3.93. The van der Waals surface area contributed by atoms with Gasteiger partial charge in [0.1, 0.15) is 11.6 Å². The van der Waals surface area contributed by atoms with E-state index in [0.717, 1.165) is 24.7 Å². The van der Waals surface area contributed by atoms with E-state index in [4.69, 9.17) is 11.6 Å². The topological polar surface area (TPSA) is 12.0 Å². The zero-order valence-electron chi connectivity index (χ0n) is 10.8. The molecule has 0 aromatic heterocycles. The van der Waals surface area contributed by atoms with Crippen molar-refractivity contribution in [2.75, 3.05) is 13.1 Å². The first-order valence-corrected chi connectivity index (χ1v) is 6.88. The summed E-state index contributed by atoms with van der Waals surface area (Å²) in [5.41, 5.74) is 1.54. The first-order valence-electron chi connectivity index (χ1n) is 6.50. The summed E-state index contributed by atoms with van der Waals surface area (Å²) in [6.45, 7) is 1.57. The fraction of sp³-hybridized carbons (Fsp3) is 0.250. The van der Waals surface area contributed by atoms with Gasteiger partial charge in [-0.05, 0) is 35.7 Å². The van der Waals surface area contributed by atoms with E-state index in [-0.39, 0.29) is 5.41 Å². The van der Waals surface area contributed by atoms with Crippen LogP contribution in [0.2, 0.25) is 5.02 Å². The van der Waals surface area contributed by atoms with Gasteiger partial charge in [0.15, 0.2) is 0 Å². The molecule has 0 aliphatic carbocycles. The maximum Gasteiger partial charge on any atom is 0.129 e. The normalized spacial score (nSPS) is 16.8. The van der Waals surface area contributed by atoms with Crippen LogP contribution in [-0.2, 0) is 11.8 Å². The van der Waals surface area contributed by atoms with Crippen LogP contribution in [-0.4, -0.2) is 13.1 Å². The first-order chi connectivity index (χ1) is 9.59. The van der Waals surface area contributed by atoms with Gasteiger partial charge in [0, 0.05) is 29.6 Å². The number of hydrogen-bond acceptors (Lipinski definition) is 1. The molecule has 1 aliphatic heterocycles. The van der Waals surface area contributed by atoms with E-state index in [9.17, 15) is 8.78 Å². The smallest absolute Gasteiger partial charge is 0.129 e. The maximum atomic E-state index is 13.8. The van der Waals surface area contributed by atoms with E-state index in [0.29, 0.717) is 17.0 Å². The van der Waals surface area contributed by atoms with Crippen LogP contribution in [0.1, 0.15) is 11.1 Å². The Kier molecular flexibility index (Phi) is 3.48. The number of rotatable bonds is 3. The summed E-state index contributed by atoms with van der Waals surface area (Å²) in [5.74, 6) is -1.02. The van der Waals surface area contributed by atoms with Crippen molar-refractivity contribution in [1.29, 1.82) is 0 Å². The van der Waals surface area contributed by atoms with Crippen molar-refractivity contribution in [3.8, 4) is 0 Å². The fourth-order valence-corrected chi connectivity index (χ4v) is 2.82. The highest BCUT2D eigenvalue weighted by Crippen LogP contribution is 2.34. The SMILES string of the molecule is Fc1ccc(CC2(c3ccc(Cl)cc3)CNC2)c(F)c1. The van der Waals surface area contributed by atoms with Crippen molar-refractivity contribution in [1.82, 2.24) is 5.32 Å². The lowest BCUT2D eigenvalue weighted by Gasteiger charge is -2.43. The molecular formula is C16H14ClF2N. The van der Waals surface area contributed by atoms with Gasteiger partial charge in [-0.15, -0.1) is 0 Å². The Morgan fingerprint density at radius 2 is 1.75 bits per heavy atom. The number of hydrogen-bond donors (Lipinski definition) is 1. The first kappa shape index (κ1) is 13.5. The zero-order chi connectivity index (χ0) is 14.2. The largest absolute Gasteiger partial charge is 0.315 e. The summed E-state index contributed by atoms with van der Waals surface area (Å²) in [5, 5.41) is 3.92. The fourth-order valence-electron chi connectivity index (χ4n) is 2.69. The standard InChI is InChI=1S/C16H14ClF2N/c17-13-4-2-12(3-5-13)16(9-20-10-16)8-11-1-6-14(18)7-15(11)19/h1-7,20H,8-10H2. The molecule has 0 spiro atoms. The molecule has 3 rings (SSSR count). The molecule has 1 N–H and O–H groups in total. The molecule has 1 nitrogen and oxygen atoms in total. The molecule has 4 heteroatoms. The van der Waals surface area contributed by atoms with Crippen LogP contribution in [0.4, 0.5) is 8.78 Å². The Balaban J connectivity index is 1.91. The third-order valence-corrected chi connectivity index (χ3v) is 4.18. The number of nitrogens with one attached hydrogen (secondary N) is 1. The van der Waals surface area contributed by atoms with Crippen molar-refractivity contribution in [3.63, 3.8) is 0 Å². The van der Waals surface area contributed by atoms with Crippen LogP contribution in [0.5, 0.6) is 0 Å². The Labute approximate surface area is 121 Å². The Hall–Kier alpha value is -1.45. The predicted octanol–water partition coefficient (Wildman–Crippen LogP) is 3.70. The Morgan fingerprint density at radius 1 is 1.05 bits per heavy atom. The summed E-state index contributed by atoms with van der Waals surface area (Å²) in [7, 11) is 0. The molecule has 0 unspecified atom stereocenters. The molecule has 1 heterocycles. The van der Waals surface area contributed by atoms with E-state index in [1.165, 1.54) is 12.1 Å². The van der Waals surface area contributed by atoms with Crippen molar-refractivity contribution >= 4 is 11.6 Å². The minimum atomic E-state index is -0.543. The van der Waals surface area contributed by atoms with Gasteiger partial charge in [0.2, 0.25) is 0 Å². The van der Waals surface area contributed by atoms with Crippen LogP contribution in [0.25, 0.3) is 0 Å². The second-order valence-corrected chi connectivity index (χ2v) is 5.74. The van der Waals surface area contributed by atoms with E-state index >= 15 is 0 Å². The lowest BCUT2D eigenvalue weighted by molar-refractivity contribution is 0.272. The highest BCUT2D eigenvalue weighted by Gasteiger charge is 2.39. The molecule has 0 amide bonds. The lowest BCUT2D eigenvalue weighted by atomic mass is 9.71.